The van der Waals surface area contributed by atoms with Crippen LogP contribution in [0, 0.1) is 0 Å². The number of thioether (sulfide) groups is 1. The van der Waals surface area contributed by atoms with Gasteiger partial charge in [-0.15, -0.1) is 0 Å². The van der Waals surface area contributed by atoms with E-state index in [0.717, 1.165) is 16.9 Å². The molecule has 25 heavy (non-hydrogen) atoms. The van der Waals surface area contributed by atoms with Crippen molar-refractivity contribution in [2.24, 2.45) is 0 Å². The fourth-order valence-corrected chi connectivity index (χ4v) is 3.22. The highest BCUT2D eigenvalue weighted by molar-refractivity contribution is 7.99. The van der Waals surface area contributed by atoms with Crippen molar-refractivity contribution in [2.45, 2.75) is 12.1 Å². The molecule has 6 heteroatoms. The molecule has 3 rings (SSSR count). The van der Waals surface area contributed by atoms with Crippen molar-refractivity contribution in [1.82, 2.24) is 9.55 Å². The Labute approximate surface area is 150 Å². The average molecular weight is 351 g/mol. The fourth-order valence-electron chi connectivity index (χ4n) is 2.40. The second kappa shape index (κ2) is 7.81. The number of anilines is 1. The summed E-state index contributed by atoms with van der Waals surface area (Å²) >= 11 is 1.24. The lowest BCUT2D eigenvalue weighted by molar-refractivity contribution is -0.113. The van der Waals surface area contributed by atoms with Crippen molar-refractivity contribution >= 4 is 29.3 Å². The number of rotatable bonds is 5. The third-order valence-electron chi connectivity index (χ3n) is 3.50. The zero-order chi connectivity index (χ0) is 17.6. The number of hydrogen-bond donors (Lipinski definition) is 1. The van der Waals surface area contributed by atoms with Crippen molar-refractivity contribution in [2.75, 3.05) is 11.1 Å². The Balaban J connectivity index is 1.74. The van der Waals surface area contributed by atoms with Gasteiger partial charge in [-0.3, -0.25) is 14.2 Å². The highest BCUT2D eigenvalue weighted by Crippen LogP contribution is 2.26. The molecule has 2 aromatic carbocycles. The maximum atomic E-state index is 12.1. The van der Waals surface area contributed by atoms with Crippen LogP contribution in [0.5, 0.6) is 0 Å². The highest BCUT2D eigenvalue weighted by atomic mass is 32.2. The normalized spacial score (nSPS) is 10.4. The van der Waals surface area contributed by atoms with E-state index in [1.165, 1.54) is 23.3 Å². The predicted octanol–water partition coefficient (Wildman–Crippen LogP) is 3.94. The fraction of sp³-hybridized carbons (Fsp3) is 0.105. The van der Waals surface area contributed by atoms with Crippen LogP contribution in [0.3, 0.4) is 0 Å². The van der Waals surface area contributed by atoms with E-state index >= 15 is 0 Å². The molecule has 0 saturated carbocycles. The number of nitrogens with zero attached hydrogens (tertiary/aromatic N) is 2. The van der Waals surface area contributed by atoms with E-state index in [0.29, 0.717) is 5.16 Å². The van der Waals surface area contributed by atoms with Crippen LogP contribution in [0.1, 0.15) is 11.7 Å². The number of amides is 1. The van der Waals surface area contributed by atoms with Crippen LogP contribution in [0.25, 0.3) is 11.3 Å². The average Bonchev–Trinajstić information content (AvgIpc) is 3.06. The predicted molar refractivity (Wildman–Crippen MR) is 99.8 cm³/mol. The minimum atomic E-state index is -0.143. The third-order valence-corrected chi connectivity index (χ3v) is 4.46. The summed E-state index contributed by atoms with van der Waals surface area (Å²) in [5.74, 6) is -0.106. The minimum absolute atomic E-state index is 0.137. The van der Waals surface area contributed by atoms with Crippen LogP contribution in [0.15, 0.2) is 72.0 Å². The summed E-state index contributed by atoms with van der Waals surface area (Å²) in [6.07, 6.45) is 1.66. The lowest BCUT2D eigenvalue weighted by atomic mass is 10.2. The second-order valence-corrected chi connectivity index (χ2v) is 6.29. The number of para-hydroxylation sites is 1. The van der Waals surface area contributed by atoms with Crippen molar-refractivity contribution in [3.05, 3.63) is 66.9 Å². The van der Waals surface area contributed by atoms with Crippen LogP contribution in [0.2, 0.25) is 0 Å². The molecule has 0 unspecified atom stereocenters. The Bertz CT molecular complexity index is 876. The van der Waals surface area contributed by atoms with E-state index < -0.39 is 0 Å². The zero-order valence-electron chi connectivity index (χ0n) is 13.7. The number of carbonyl (C=O) groups excluding carboxylic acids is 2. The first-order valence-corrected chi connectivity index (χ1v) is 8.75. The molecule has 0 aliphatic heterocycles. The number of nitrogens with one attached hydrogen (secondary N) is 1. The van der Waals surface area contributed by atoms with Crippen LogP contribution < -0.4 is 5.32 Å². The summed E-state index contributed by atoms with van der Waals surface area (Å²) < 4.78 is 1.54. The standard InChI is InChI=1S/C19H17N3O2S/c1-14(23)22-17(15-8-4-2-5-9-15)12-20-19(22)25-13-18(24)21-16-10-6-3-7-11-16/h2-12H,13H2,1H3,(H,21,24). The van der Waals surface area contributed by atoms with Gasteiger partial charge in [-0.05, 0) is 12.1 Å². The lowest BCUT2D eigenvalue weighted by Crippen LogP contribution is -2.15. The molecule has 3 aromatic rings. The maximum Gasteiger partial charge on any atom is 0.234 e. The highest BCUT2D eigenvalue weighted by Gasteiger charge is 2.16. The second-order valence-electron chi connectivity index (χ2n) is 5.35. The minimum Gasteiger partial charge on any atom is -0.325 e. The first kappa shape index (κ1) is 17.0. The topological polar surface area (TPSA) is 64.0 Å². The van der Waals surface area contributed by atoms with E-state index in [1.54, 1.807) is 6.20 Å². The van der Waals surface area contributed by atoms with E-state index in [-0.39, 0.29) is 17.6 Å². The van der Waals surface area contributed by atoms with Gasteiger partial charge in [0.15, 0.2) is 5.16 Å². The van der Waals surface area contributed by atoms with E-state index in [1.807, 2.05) is 60.7 Å². The summed E-state index contributed by atoms with van der Waals surface area (Å²) in [4.78, 5) is 28.5. The van der Waals surface area contributed by atoms with Gasteiger partial charge in [0.1, 0.15) is 0 Å². The first-order valence-electron chi connectivity index (χ1n) is 7.77. The van der Waals surface area contributed by atoms with Crippen molar-refractivity contribution < 1.29 is 9.59 Å². The molecule has 5 nitrogen and oxygen atoms in total. The molecule has 1 aromatic heterocycles. The van der Waals surface area contributed by atoms with Crippen LogP contribution >= 0.6 is 11.8 Å². The Kier molecular flexibility index (Phi) is 5.30. The zero-order valence-corrected chi connectivity index (χ0v) is 14.5. The summed E-state index contributed by atoms with van der Waals surface area (Å²) in [5, 5.41) is 3.33. The Morgan fingerprint density at radius 1 is 1.04 bits per heavy atom. The molecule has 0 saturated heterocycles. The molecule has 0 aliphatic rings. The lowest BCUT2D eigenvalue weighted by Gasteiger charge is -2.08. The van der Waals surface area contributed by atoms with Crippen molar-refractivity contribution in [3.8, 4) is 11.3 Å². The van der Waals surface area contributed by atoms with Crippen LogP contribution in [0.4, 0.5) is 5.69 Å². The summed E-state index contributed by atoms with van der Waals surface area (Å²) in [6, 6.07) is 18.8. The first-order chi connectivity index (χ1) is 12.1. The molecular weight excluding hydrogens is 334 g/mol. The molecule has 0 aliphatic carbocycles. The summed E-state index contributed by atoms with van der Waals surface area (Å²) in [7, 11) is 0. The smallest absolute Gasteiger partial charge is 0.234 e. The Hall–Kier alpha value is -2.86. The Morgan fingerprint density at radius 2 is 1.68 bits per heavy atom. The number of hydrogen-bond acceptors (Lipinski definition) is 4. The third kappa shape index (κ3) is 4.16. The van der Waals surface area contributed by atoms with Gasteiger partial charge >= 0.3 is 0 Å². The van der Waals surface area contributed by atoms with E-state index in [9.17, 15) is 9.59 Å². The largest absolute Gasteiger partial charge is 0.325 e. The van der Waals surface area contributed by atoms with Gasteiger partial charge in [0.2, 0.25) is 11.8 Å². The molecule has 126 valence electrons. The van der Waals surface area contributed by atoms with E-state index in [2.05, 4.69) is 10.3 Å². The van der Waals surface area contributed by atoms with Crippen molar-refractivity contribution in [3.63, 3.8) is 0 Å². The summed E-state index contributed by atoms with van der Waals surface area (Å²) in [6.45, 7) is 1.49. The molecule has 0 fully saturated rings. The number of imidazole rings is 1. The van der Waals surface area contributed by atoms with Crippen LogP contribution in [-0.4, -0.2) is 27.1 Å². The van der Waals surface area contributed by atoms with Gasteiger partial charge in [0.25, 0.3) is 0 Å². The molecule has 1 heterocycles. The van der Waals surface area contributed by atoms with Gasteiger partial charge in [0, 0.05) is 18.2 Å². The SMILES string of the molecule is CC(=O)n1c(-c2ccccc2)cnc1SCC(=O)Nc1ccccc1. The molecule has 1 amide bonds. The molecule has 0 bridgehead atoms. The number of benzene rings is 2. The van der Waals surface area contributed by atoms with Crippen molar-refractivity contribution in [1.29, 1.82) is 0 Å². The molecular formula is C19H17N3O2S. The number of aromatic nitrogens is 2. The maximum absolute atomic E-state index is 12.1. The van der Waals surface area contributed by atoms with Gasteiger partial charge in [-0.2, -0.15) is 0 Å². The Morgan fingerprint density at radius 3 is 2.32 bits per heavy atom. The molecule has 1 N–H and O–H groups in total. The van der Waals surface area contributed by atoms with Gasteiger partial charge in [0.05, 0.1) is 17.6 Å². The number of carbonyl (C=O) groups is 2. The quantitative estimate of drug-likeness (QED) is 0.707. The molecule has 0 atom stereocenters. The summed E-state index contributed by atoms with van der Waals surface area (Å²) in [5.41, 5.74) is 2.37. The van der Waals surface area contributed by atoms with E-state index in [4.69, 9.17) is 0 Å². The molecule has 0 radical (unpaired) electrons. The van der Waals surface area contributed by atoms with Gasteiger partial charge in [-0.25, -0.2) is 4.98 Å². The van der Waals surface area contributed by atoms with Gasteiger partial charge in [-0.1, -0.05) is 60.3 Å². The molecule has 0 spiro atoms. The van der Waals surface area contributed by atoms with Crippen LogP contribution in [-0.2, 0) is 4.79 Å². The van der Waals surface area contributed by atoms with Gasteiger partial charge < -0.3 is 5.32 Å². The monoisotopic (exact) mass is 351 g/mol.